The molecule has 0 aromatic rings. The Hall–Kier alpha value is 0.507. The summed E-state index contributed by atoms with van der Waals surface area (Å²) < 4.78 is 0. The molecule has 0 N–H and O–H groups in total. The van der Waals surface area contributed by atoms with Crippen molar-refractivity contribution in [3.05, 3.63) is 0 Å². The quantitative estimate of drug-likeness (QED) is 0.231. The molecule has 0 radical (unpaired) electrons. The van der Waals surface area contributed by atoms with Crippen molar-refractivity contribution < 1.29 is 0 Å². The summed E-state index contributed by atoms with van der Waals surface area (Å²) in [5.74, 6) is 0. The van der Waals surface area contributed by atoms with Gasteiger partial charge < -0.3 is 0 Å². The number of halogens is 1. The lowest BCUT2D eigenvalue weighted by Crippen LogP contribution is -2.19. The molecular weight excluding hydrogens is 232 g/mol. The summed E-state index contributed by atoms with van der Waals surface area (Å²) in [6, 6.07) is 2.55. The lowest BCUT2D eigenvalue weighted by Gasteiger charge is -2.16. The molecule has 98 valence electrons. The van der Waals surface area contributed by atoms with Gasteiger partial charge in [0.15, 0.2) is 7.38 Å². The number of unbranched alkanes of at least 4 members (excludes halogenated alkanes) is 8. The van der Waals surface area contributed by atoms with E-state index in [0.29, 0.717) is 0 Å². The van der Waals surface area contributed by atoms with Crippen LogP contribution in [0.4, 0.5) is 0 Å². The minimum atomic E-state index is -1.29. The van der Waals surface area contributed by atoms with Crippen LogP contribution in [-0.2, 0) is 0 Å². The van der Waals surface area contributed by atoms with Crippen LogP contribution in [0, 0.1) is 0 Å². The normalized spacial score (nSPS) is 15.0. The summed E-state index contributed by atoms with van der Waals surface area (Å²) in [6.45, 7) is 6.83. The van der Waals surface area contributed by atoms with Crippen molar-refractivity contribution in [1.82, 2.24) is 0 Å². The Kier molecular flexibility index (Phi) is 11.0. The van der Waals surface area contributed by atoms with Gasteiger partial charge in [-0.3, -0.25) is 0 Å². The first-order chi connectivity index (χ1) is 7.62. The minimum Gasteiger partial charge on any atom is -0.167 e. The van der Waals surface area contributed by atoms with Crippen LogP contribution < -0.4 is 0 Å². The first-order valence-corrected chi connectivity index (χ1v) is 11.2. The topological polar surface area (TPSA) is 0 Å². The van der Waals surface area contributed by atoms with Crippen molar-refractivity contribution in [2.24, 2.45) is 0 Å². The van der Waals surface area contributed by atoms with E-state index in [4.69, 9.17) is 11.1 Å². The van der Waals surface area contributed by atoms with Crippen molar-refractivity contribution >= 4 is 18.5 Å². The molecule has 0 aromatic carbocycles. The Morgan fingerprint density at radius 1 is 0.750 bits per heavy atom. The number of rotatable bonds is 11. The summed E-state index contributed by atoms with van der Waals surface area (Å²) in [5, 5.41) is 0. The molecule has 0 bridgehead atoms. The van der Waals surface area contributed by atoms with Gasteiger partial charge in [0.05, 0.1) is 0 Å². The molecule has 16 heavy (non-hydrogen) atoms. The van der Waals surface area contributed by atoms with E-state index in [1.54, 1.807) is 0 Å². The first kappa shape index (κ1) is 16.5. The monoisotopic (exact) mass is 262 g/mol. The molecule has 1 unspecified atom stereocenters. The molecule has 0 aliphatic carbocycles. The van der Waals surface area contributed by atoms with Crippen LogP contribution in [0.1, 0.15) is 71.6 Å². The van der Waals surface area contributed by atoms with Gasteiger partial charge in [-0.15, -0.1) is 0 Å². The molecule has 0 spiro atoms. The SMILES string of the molecule is CCCCCCCCCCC[Si](C)(Cl)CC. The maximum absolute atomic E-state index is 6.46. The van der Waals surface area contributed by atoms with Gasteiger partial charge in [0, 0.05) is 0 Å². The van der Waals surface area contributed by atoms with Crippen LogP contribution in [0.2, 0.25) is 18.6 Å². The van der Waals surface area contributed by atoms with E-state index in [2.05, 4.69) is 20.4 Å². The van der Waals surface area contributed by atoms with Gasteiger partial charge in [-0.25, -0.2) is 0 Å². The van der Waals surface area contributed by atoms with Gasteiger partial charge >= 0.3 is 0 Å². The maximum atomic E-state index is 6.46. The third kappa shape index (κ3) is 11.0. The molecule has 1 atom stereocenters. The molecule has 0 aliphatic rings. The third-order valence-corrected chi connectivity index (χ3v) is 7.78. The van der Waals surface area contributed by atoms with E-state index in [-0.39, 0.29) is 0 Å². The molecular formula is C14H31ClSi. The van der Waals surface area contributed by atoms with Gasteiger partial charge in [0.25, 0.3) is 0 Å². The zero-order valence-corrected chi connectivity index (χ0v) is 13.4. The van der Waals surface area contributed by atoms with Gasteiger partial charge in [0.2, 0.25) is 0 Å². The zero-order chi connectivity index (χ0) is 12.3. The van der Waals surface area contributed by atoms with Crippen molar-refractivity contribution in [2.45, 2.75) is 90.3 Å². The highest BCUT2D eigenvalue weighted by atomic mass is 35.6. The Morgan fingerprint density at radius 2 is 1.19 bits per heavy atom. The van der Waals surface area contributed by atoms with E-state index < -0.39 is 7.38 Å². The van der Waals surface area contributed by atoms with Crippen molar-refractivity contribution in [3.63, 3.8) is 0 Å². The molecule has 2 heteroatoms. The number of hydrogen-bond acceptors (Lipinski definition) is 0. The van der Waals surface area contributed by atoms with Gasteiger partial charge in [-0.2, -0.15) is 11.1 Å². The second kappa shape index (κ2) is 10.6. The Bertz CT molecular complexity index is 146. The van der Waals surface area contributed by atoms with Crippen molar-refractivity contribution in [3.8, 4) is 0 Å². The minimum absolute atomic E-state index is 1.23. The van der Waals surface area contributed by atoms with Gasteiger partial charge in [-0.05, 0) is 12.1 Å². The fourth-order valence-corrected chi connectivity index (χ4v) is 3.72. The molecule has 0 nitrogen and oxygen atoms in total. The van der Waals surface area contributed by atoms with E-state index in [1.165, 1.54) is 69.9 Å². The maximum Gasteiger partial charge on any atom is 0.153 e. The molecule has 0 saturated carbocycles. The van der Waals surface area contributed by atoms with Crippen molar-refractivity contribution in [1.29, 1.82) is 0 Å². The molecule has 0 fully saturated rings. The van der Waals surface area contributed by atoms with Crippen LogP contribution in [0.15, 0.2) is 0 Å². The van der Waals surface area contributed by atoms with Crippen LogP contribution in [0.25, 0.3) is 0 Å². The average molecular weight is 263 g/mol. The predicted molar refractivity (Wildman–Crippen MR) is 80.0 cm³/mol. The van der Waals surface area contributed by atoms with Crippen LogP contribution in [0.5, 0.6) is 0 Å². The van der Waals surface area contributed by atoms with Crippen LogP contribution in [-0.4, -0.2) is 7.38 Å². The molecule has 0 rings (SSSR count). The smallest absolute Gasteiger partial charge is 0.153 e. The van der Waals surface area contributed by atoms with Crippen molar-refractivity contribution in [2.75, 3.05) is 0 Å². The summed E-state index contributed by atoms with van der Waals surface area (Å²) in [4.78, 5) is 0. The summed E-state index contributed by atoms with van der Waals surface area (Å²) in [7, 11) is -1.29. The highest BCUT2D eigenvalue weighted by molar-refractivity contribution is 7.19. The van der Waals surface area contributed by atoms with Crippen LogP contribution in [0.3, 0.4) is 0 Å². The largest absolute Gasteiger partial charge is 0.167 e. The lowest BCUT2D eigenvalue weighted by atomic mass is 10.1. The first-order valence-electron chi connectivity index (χ1n) is 7.31. The molecule has 0 aromatic heterocycles. The lowest BCUT2D eigenvalue weighted by molar-refractivity contribution is 0.571. The number of hydrogen-bond donors (Lipinski definition) is 0. The second-order valence-corrected chi connectivity index (χ2v) is 12.1. The molecule has 0 saturated heterocycles. The third-order valence-electron chi connectivity index (χ3n) is 3.54. The Balaban J connectivity index is 3.10. The molecule has 0 amide bonds. The summed E-state index contributed by atoms with van der Waals surface area (Å²) >= 11 is 6.46. The second-order valence-electron chi connectivity index (χ2n) is 5.35. The fraction of sp³-hybridized carbons (Fsp3) is 1.00. The van der Waals surface area contributed by atoms with E-state index >= 15 is 0 Å². The summed E-state index contributed by atoms with van der Waals surface area (Å²) in [6.07, 6.45) is 12.8. The highest BCUT2D eigenvalue weighted by Gasteiger charge is 2.20. The predicted octanol–water partition coefficient (Wildman–Crippen LogP) is 6.35. The van der Waals surface area contributed by atoms with Crippen LogP contribution >= 0.6 is 11.1 Å². The van der Waals surface area contributed by atoms with E-state index in [0.717, 1.165) is 0 Å². The molecule has 0 heterocycles. The van der Waals surface area contributed by atoms with Gasteiger partial charge in [-0.1, -0.05) is 78.2 Å². The van der Waals surface area contributed by atoms with Gasteiger partial charge in [0.1, 0.15) is 0 Å². The highest BCUT2D eigenvalue weighted by Crippen LogP contribution is 2.23. The Morgan fingerprint density at radius 3 is 1.62 bits per heavy atom. The molecule has 0 aliphatic heterocycles. The fourth-order valence-electron chi connectivity index (χ4n) is 1.98. The standard InChI is InChI=1S/C14H31ClSi/c1-4-6-7-8-9-10-11-12-13-14-16(3,15)5-2/h4-14H2,1-3H3. The van der Waals surface area contributed by atoms with E-state index in [9.17, 15) is 0 Å². The Labute approximate surface area is 109 Å². The summed E-state index contributed by atoms with van der Waals surface area (Å²) in [5.41, 5.74) is 0. The van der Waals surface area contributed by atoms with E-state index in [1.807, 2.05) is 0 Å². The zero-order valence-electron chi connectivity index (χ0n) is 11.7. The average Bonchev–Trinajstić information content (AvgIpc) is 2.27.